The van der Waals surface area contributed by atoms with E-state index < -0.39 is 17.6 Å². The summed E-state index contributed by atoms with van der Waals surface area (Å²) in [5.74, 6) is -0.679. The highest BCUT2D eigenvalue weighted by Gasteiger charge is 2.42. The lowest BCUT2D eigenvalue weighted by Crippen LogP contribution is -2.19. The molecule has 0 aliphatic heterocycles. The number of methoxy groups -OCH3 is 1. The van der Waals surface area contributed by atoms with Crippen LogP contribution in [0.15, 0.2) is 53.9 Å². The minimum absolute atomic E-state index is 0.116. The third-order valence-corrected chi connectivity index (χ3v) is 5.09. The summed E-state index contributed by atoms with van der Waals surface area (Å²) < 4.78 is 60.5. The maximum atomic E-state index is 14.3. The average Bonchev–Trinajstić information content (AvgIpc) is 2.63. The Labute approximate surface area is 163 Å². The van der Waals surface area contributed by atoms with E-state index in [2.05, 4.69) is 0 Å². The Morgan fingerprint density at radius 1 is 0.889 bits per heavy atom. The Balaban J connectivity index is 2.29. The van der Waals surface area contributed by atoms with Crippen LogP contribution in [0.3, 0.4) is 0 Å². The van der Waals surface area contributed by atoms with Gasteiger partial charge in [-0.25, -0.2) is 4.39 Å². The molecule has 0 fully saturated rings. The minimum atomic E-state index is -4.83. The van der Waals surface area contributed by atoms with Crippen molar-refractivity contribution in [1.29, 1.82) is 0 Å². The summed E-state index contributed by atoms with van der Waals surface area (Å²) in [6.45, 7) is 0. The molecule has 1 aliphatic carbocycles. The van der Waals surface area contributed by atoms with Crippen LogP contribution in [0.1, 0.15) is 24.0 Å². The Morgan fingerprint density at radius 2 is 1.52 bits per heavy atom. The molecular formula is C20H14Cl2F4O. The molecule has 7 heteroatoms. The van der Waals surface area contributed by atoms with Crippen molar-refractivity contribution in [2.24, 2.45) is 0 Å². The molecule has 0 spiro atoms. The number of ether oxygens (including phenoxy) is 1. The van der Waals surface area contributed by atoms with Gasteiger partial charge in [-0.3, -0.25) is 0 Å². The maximum absolute atomic E-state index is 14.3. The van der Waals surface area contributed by atoms with Crippen LogP contribution in [0, 0.1) is 0 Å². The van der Waals surface area contributed by atoms with E-state index in [4.69, 9.17) is 27.9 Å². The lowest BCUT2D eigenvalue weighted by atomic mass is 9.82. The topological polar surface area (TPSA) is 9.23 Å². The molecule has 2 aromatic rings. The second-order valence-corrected chi connectivity index (χ2v) is 6.80. The van der Waals surface area contributed by atoms with Gasteiger partial charge in [-0.1, -0.05) is 41.4 Å². The van der Waals surface area contributed by atoms with Gasteiger partial charge in [0.15, 0.2) is 0 Å². The van der Waals surface area contributed by atoms with Crippen molar-refractivity contribution in [1.82, 2.24) is 0 Å². The average molecular weight is 417 g/mol. The summed E-state index contributed by atoms with van der Waals surface area (Å²) in [6.07, 6.45) is -5.05. The summed E-state index contributed by atoms with van der Waals surface area (Å²) >= 11 is 12.0. The molecule has 0 radical (unpaired) electrons. The van der Waals surface area contributed by atoms with Gasteiger partial charge in [-0.05, 0) is 47.4 Å². The summed E-state index contributed by atoms with van der Waals surface area (Å²) in [6, 6.07) is 10.6. The fraction of sp³-hybridized carbons (Fsp3) is 0.200. The normalized spacial score (nSPS) is 15.4. The first kappa shape index (κ1) is 19.8. The molecule has 1 nitrogen and oxygen atoms in total. The monoisotopic (exact) mass is 416 g/mol. The van der Waals surface area contributed by atoms with E-state index in [-0.39, 0.29) is 29.0 Å². The van der Waals surface area contributed by atoms with E-state index in [1.54, 1.807) is 6.07 Å². The Morgan fingerprint density at radius 3 is 2.07 bits per heavy atom. The van der Waals surface area contributed by atoms with Crippen LogP contribution in [-0.4, -0.2) is 13.3 Å². The van der Waals surface area contributed by atoms with Crippen molar-refractivity contribution in [3.63, 3.8) is 0 Å². The van der Waals surface area contributed by atoms with Gasteiger partial charge < -0.3 is 4.74 Å². The van der Waals surface area contributed by atoms with Crippen molar-refractivity contribution >= 4 is 34.3 Å². The first-order valence-electron chi connectivity index (χ1n) is 8.01. The lowest BCUT2D eigenvalue weighted by molar-refractivity contribution is -0.0891. The quantitative estimate of drug-likeness (QED) is 0.470. The summed E-state index contributed by atoms with van der Waals surface area (Å²) in [7, 11) is 1.46. The lowest BCUT2D eigenvalue weighted by Gasteiger charge is -2.26. The number of rotatable bonds is 3. The molecule has 27 heavy (non-hydrogen) atoms. The fourth-order valence-electron chi connectivity index (χ4n) is 3.12. The second-order valence-electron chi connectivity index (χ2n) is 5.99. The predicted octanol–water partition coefficient (Wildman–Crippen LogP) is 7.49. The Hall–Kier alpha value is -1.98. The van der Waals surface area contributed by atoms with Gasteiger partial charge >= 0.3 is 6.18 Å². The molecule has 0 N–H and O–H groups in total. The van der Waals surface area contributed by atoms with Crippen LogP contribution in [-0.2, 0) is 0 Å². The molecule has 1 aliphatic rings. The number of alkyl halides is 3. The van der Waals surface area contributed by atoms with Gasteiger partial charge in [0.05, 0.1) is 22.7 Å². The standard InChI is InChI=1S/C20H14Cl2F4O/c1-27-13-5-2-11(3-6-13)18-14(12-4-8-15(21)16(22)10-12)7-9-17(23)19(18)20(24,25)26/h2-6,8,10H,7,9H2,1H3. The Bertz CT molecular complexity index is 928. The second kappa shape index (κ2) is 7.56. The first-order valence-corrected chi connectivity index (χ1v) is 8.77. The number of benzene rings is 2. The highest BCUT2D eigenvalue weighted by atomic mass is 35.5. The largest absolute Gasteiger partial charge is 0.497 e. The van der Waals surface area contributed by atoms with Gasteiger partial charge in [0.1, 0.15) is 11.6 Å². The molecule has 0 aromatic heterocycles. The third-order valence-electron chi connectivity index (χ3n) is 4.35. The van der Waals surface area contributed by atoms with Crippen LogP contribution >= 0.6 is 23.2 Å². The summed E-state index contributed by atoms with van der Waals surface area (Å²) in [5.41, 5.74) is -0.344. The predicted molar refractivity (Wildman–Crippen MR) is 99.7 cm³/mol. The third kappa shape index (κ3) is 3.99. The van der Waals surface area contributed by atoms with E-state index >= 15 is 0 Å². The van der Waals surface area contributed by atoms with Crippen LogP contribution in [0.4, 0.5) is 17.6 Å². The van der Waals surface area contributed by atoms with E-state index in [1.165, 1.54) is 43.5 Å². The molecule has 0 saturated carbocycles. The molecule has 2 aromatic carbocycles. The molecule has 0 saturated heterocycles. The summed E-state index contributed by atoms with van der Waals surface area (Å²) in [5, 5.41) is 0.514. The van der Waals surface area contributed by atoms with Crippen molar-refractivity contribution in [3.05, 3.63) is 75.0 Å². The maximum Gasteiger partial charge on any atom is 0.419 e. The highest BCUT2D eigenvalue weighted by Crippen LogP contribution is 2.48. The number of allylic oxidation sites excluding steroid dienone is 4. The zero-order valence-electron chi connectivity index (χ0n) is 14.1. The SMILES string of the molecule is COc1ccc(C2=C(c3ccc(Cl)c(Cl)c3)CCC(F)=C2C(F)(F)F)cc1. The number of halogens is 6. The van der Waals surface area contributed by atoms with Crippen LogP contribution in [0.5, 0.6) is 5.75 Å². The van der Waals surface area contributed by atoms with E-state index in [0.29, 0.717) is 21.9 Å². The van der Waals surface area contributed by atoms with Crippen LogP contribution in [0.25, 0.3) is 11.1 Å². The molecule has 0 heterocycles. The van der Waals surface area contributed by atoms with Gasteiger partial charge in [0, 0.05) is 12.0 Å². The summed E-state index contributed by atoms with van der Waals surface area (Å²) in [4.78, 5) is 0. The molecule has 0 unspecified atom stereocenters. The van der Waals surface area contributed by atoms with Crippen LogP contribution in [0.2, 0.25) is 10.0 Å². The number of hydrogen-bond donors (Lipinski definition) is 0. The van der Waals surface area contributed by atoms with E-state index in [9.17, 15) is 17.6 Å². The van der Waals surface area contributed by atoms with E-state index in [0.717, 1.165) is 0 Å². The van der Waals surface area contributed by atoms with Crippen LogP contribution < -0.4 is 4.74 Å². The van der Waals surface area contributed by atoms with E-state index in [1.807, 2.05) is 0 Å². The minimum Gasteiger partial charge on any atom is -0.497 e. The number of hydrogen-bond acceptors (Lipinski definition) is 1. The van der Waals surface area contributed by atoms with Gasteiger partial charge in [0.2, 0.25) is 0 Å². The zero-order valence-corrected chi connectivity index (χ0v) is 15.6. The molecule has 3 rings (SSSR count). The molecular weight excluding hydrogens is 403 g/mol. The van der Waals surface area contributed by atoms with Crippen molar-refractivity contribution < 1.29 is 22.3 Å². The van der Waals surface area contributed by atoms with Crippen molar-refractivity contribution in [2.45, 2.75) is 19.0 Å². The zero-order chi connectivity index (χ0) is 19.8. The van der Waals surface area contributed by atoms with Gasteiger partial charge in [-0.15, -0.1) is 0 Å². The van der Waals surface area contributed by atoms with Crippen molar-refractivity contribution in [3.8, 4) is 5.75 Å². The smallest absolute Gasteiger partial charge is 0.419 e. The van der Waals surface area contributed by atoms with Gasteiger partial charge in [-0.2, -0.15) is 13.2 Å². The van der Waals surface area contributed by atoms with Gasteiger partial charge in [0.25, 0.3) is 0 Å². The fourth-order valence-corrected chi connectivity index (χ4v) is 3.41. The Kier molecular flexibility index (Phi) is 5.54. The molecule has 0 atom stereocenters. The molecule has 0 bridgehead atoms. The molecule has 142 valence electrons. The van der Waals surface area contributed by atoms with Crippen molar-refractivity contribution in [2.75, 3.05) is 7.11 Å². The highest BCUT2D eigenvalue weighted by molar-refractivity contribution is 6.42. The first-order chi connectivity index (χ1) is 12.7. The molecule has 0 amide bonds.